The van der Waals surface area contributed by atoms with Gasteiger partial charge in [0.1, 0.15) is 24.4 Å². The van der Waals surface area contributed by atoms with Gasteiger partial charge >= 0.3 is 11.9 Å². The molecule has 1 rings (SSSR count). The fourth-order valence-corrected chi connectivity index (χ4v) is 1.88. The van der Waals surface area contributed by atoms with Crippen molar-refractivity contribution < 1.29 is 38.7 Å². The first-order valence-corrected chi connectivity index (χ1v) is 8.32. The Morgan fingerprint density at radius 1 is 0.769 bits per heavy atom. The fraction of sp³-hybridized carbons (Fsp3) is 0.444. The summed E-state index contributed by atoms with van der Waals surface area (Å²) in [6, 6.07) is 5.76. The quantitative estimate of drug-likeness (QED) is 0.316. The zero-order chi connectivity index (χ0) is 19.4. The summed E-state index contributed by atoms with van der Waals surface area (Å²) in [6.45, 7) is 3.66. The molecule has 0 aliphatic rings. The standard InChI is InChI=1S/C18H22O8/c1-3-6-13(19)10-17(21)25-23-15-8-5-9-16(12-15)24-26-18(22)11-14(20)7-4-2/h5,8-9,12H,3-4,6-7,10-11H2,1-2H3. The van der Waals surface area contributed by atoms with Crippen LogP contribution in [0.4, 0.5) is 0 Å². The van der Waals surface area contributed by atoms with Crippen molar-refractivity contribution in [2.24, 2.45) is 0 Å². The highest BCUT2D eigenvalue weighted by atomic mass is 17.2. The van der Waals surface area contributed by atoms with E-state index in [1.807, 2.05) is 13.8 Å². The first-order chi connectivity index (χ1) is 12.4. The normalized spacial score (nSPS) is 9.92. The van der Waals surface area contributed by atoms with Gasteiger partial charge < -0.3 is 0 Å². The number of carbonyl (C=O) groups excluding carboxylic acids is 4. The second kappa shape index (κ2) is 11.6. The van der Waals surface area contributed by atoms with Crippen LogP contribution in [0.5, 0.6) is 11.5 Å². The van der Waals surface area contributed by atoms with Gasteiger partial charge in [0.05, 0.1) is 0 Å². The van der Waals surface area contributed by atoms with E-state index >= 15 is 0 Å². The van der Waals surface area contributed by atoms with Crippen molar-refractivity contribution in [3.8, 4) is 11.5 Å². The average molecular weight is 366 g/mol. The van der Waals surface area contributed by atoms with Gasteiger partial charge in [0.2, 0.25) is 0 Å². The van der Waals surface area contributed by atoms with E-state index in [4.69, 9.17) is 9.78 Å². The maximum atomic E-state index is 11.5. The number of hydrogen-bond donors (Lipinski definition) is 0. The van der Waals surface area contributed by atoms with E-state index in [9.17, 15) is 19.2 Å². The Kier molecular flexibility index (Phi) is 9.45. The molecule has 0 aliphatic carbocycles. The van der Waals surface area contributed by atoms with Crippen LogP contribution in [0.1, 0.15) is 52.4 Å². The van der Waals surface area contributed by atoms with E-state index < -0.39 is 11.9 Å². The summed E-state index contributed by atoms with van der Waals surface area (Å²) in [4.78, 5) is 64.3. The third-order valence-corrected chi connectivity index (χ3v) is 3.01. The molecular weight excluding hydrogens is 344 g/mol. The molecule has 0 amide bonds. The highest BCUT2D eigenvalue weighted by Gasteiger charge is 2.14. The van der Waals surface area contributed by atoms with Gasteiger partial charge in [0.25, 0.3) is 0 Å². The van der Waals surface area contributed by atoms with Crippen LogP contribution < -0.4 is 9.78 Å². The van der Waals surface area contributed by atoms with Crippen LogP contribution in [0, 0.1) is 0 Å². The van der Waals surface area contributed by atoms with E-state index in [1.165, 1.54) is 24.3 Å². The van der Waals surface area contributed by atoms with Crippen molar-refractivity contribution in [3.63, 3.8) is 0 Å². The Hall–Kier alpha value is -2.90. The molecule has 0 bridgehead atoms. The zero-order valence-corrected chi connectivity index (χ0v) is 14.8. The van der Waals surface area contributed by atoms with Crippen LogP contribution in [0.2, 0.25) is 0 Å². The van der Waals surface area contributed by atoms with Gasteiger partial charge in [-0.15, -0.1) is 0 Å². The van der Waals surface area contributed by atoms with E-state index in [0.29, 0.717) is 25.7 Å². The number of ketones is 2. The molecule has 0 unspecified atom stereocenters. The minimum absolute atomic E-state index is 0.108. The molecule has 0 radical (unpaired) electrons. The van der Waals surface area contributed by atoms with Crippen molar-refractivity contribution in [1.29, 1.82) is 0 Å². The van der Waals surface area contributed by atoms with Crippen LogP contribution in [0.3, 0.4) is 0 Å². The molecule has 0 atom stereocenters. The Balaban J connectivity index is 2.42. The van der Waals surface area contributed by atoms with Crippen LogP contribution in [-0.4, -0.2) is 23.5 Å². The highest BCUT2D eigenvalue weighted by Crippen LogP contribution is 2.20. The number of carbonyl (C=O) groups is 4. The lowest BCUT2D eigenvalue weighted by molar-refractivity contribution is -0.215. The summed E-state index contributed by atoms with van der Waals surface area (Å²) in [6.07, 6.45) is 1.15. The number of Topliss-reactive ketones (excluding diaryl/α,β-unsaturated/α-hetero) is 2. The average Bonchev–Trinajstić information content (AvgIpc) is 2.59. The summed E-state index contributed by atoms with van der Waals surface area (Å²) in [5, 5.41) is 0. The van der Waals surface area contributed by atoms with Crippen LogP contribution in [0.15, 0.2) is 24.3 Å². The Bertz CT molecular complexity index is 587. The van der Waals surface area contributed by atoms with Gasteiger partial charge in [-0.05, 0) is 25.0 Å². The van der Waals surface area contributed by atoms with Gasteiger partial charge in [-0.1, -0.05) is 19.9 Å². The first-order valence-electron chi connectivity index (χ1n) is 8.32. The fourth-order valence-electron chi connectivity index (χ4n) is 1.88. The number of benzene rings is 1. The molecule has 1 aromatic rings. The van der Waals surface area contributed by atoms with Gasteiger partial charge in [-0.25, -0.2) is 19.4 Å². The molecule has 0 aliphatic heterocycles. The molecule has 8 nitrogen and oxygen atoms in total. The topological polar surface area (TPSA) is 105 Å². The largest absolute Gasteiger partial charge is 0.362 e. The van der Waals surface area contributed by atoms with Gasteiger partial charge in [-0.3, -0.25) is 19.4 Å². The molecule has 0 aromatic heterocycles. The smallest absolute Gasteiger partial charge is 0.299 e. The summed E-state index contributed by atoms with van der Waals surface area (Å²) >= 11 is 0. The van der Waals surface area contributed by atoms with Crippen molar-refractivity contribution in [3.05, 3.63) is 24.3 Å². The molecule has 1 aromatic carbocycles. The van der Waals surface area contributed by atoms with Gasteiger partial charge in [0.15, 0.2) is 11.5 Å². The predicted octanol–water partition coefficient (Wildman–Crippen LogP) is 2.88. The third kappa shape index (κ3) is 8.81. The van der Waals surface area contributed by atoms with Gasteiger partial charge in [-0.2, -0.15) is 0 Å². The Morgan fingerprint density at radius 2 is 1.19 bits per heavy atom. The Morgan fingerprint density at radius 3 is 1.58 bits per heavy atom. The molecule has 0 saturated carbocycles. The molecule has 0 heterocycles. The SMILES string of the molecule is CCCC(=O)CC(=O)OOc1cccc(OOC(=O)CC(=O)CCC)c1. The molecule has 26 heavy (non-hydrogen) atoms. The van der Waals surface area contributed by atoms with E-state index in [0.717, 1.165) is 0 Å². The molecular formula is C18H22O8. The zero-order valence-electron chi connectivity index (χ0n) is 14.8. The molecule has 8 heteroatoms. The highest BCUT2D eigenvalue weighted by molar-refractivity contribution is 5.95. The van der Waals surface area contributed by atoms with Crippen LogP contribution >= 0.6 is 0 Å². The second-order valence-corrected chi connectivity index (χ2v) is 5.48. The van der Waals surface area contributed by atoms with Crippen LogP contribution in [0.25, 0.3) is 0 Å². The predicted molar refractivity (Wildman–Crippen MR) is 88.9 cm³/mol. The third-order valence-electron chi connectivity index (χ3n) is 3.01. The monoisotopic (exact) mass is 366 g/mol. The maximum Gasteiger partial charge on any atom is 0.362 e. The molecule has 0 N–H and O–H groups in total. The number of rotatable bonds is 12. The van der Waals surface area contributed by atoms with Crippen molar-refractivity contribution >= 4 is 23.5 Å². The van der Waals surface area contributed by atoms with Crippen molar-refractivity contribution in [1.82, 2.24) is 0 Å². The van der Waals surface area contributed by atoms with E-state index in [-0.39, 0.29) is 35.9 Å². The second-order valence-electron chi connectivity index (χ2n) is 5.48. The lowest BCUT2D eigenvalue weighted by Gasteiger charge is -2.07. The molecule has 0 fully saturated rings. The summed E-state index contributed by atoms with van der Waals surface area (Å²) in [5.74, 6) is -1.87. The van der Waals surface area contributed by atoms with Crippen LogP contribution in [-0.2, 0) is 29.0 Å². The Labute approximate surface area is 151 Å². The minimum Gasteiger partial charge on any atom is -0.299 e. The number of hydrogen-bond acceptors (Lipinski definition) is 8. The summed E-state index contributed by atoms with van der Waals surface area (Å²) < 4.78 is 0. The first kappa shape index (κ1) is 21.1. The molecule has 0 spiro atoms. The van der Waals surface area contributed by atoms with Crippen molar-refractivity contribution in [2.45, 2.75) is 52.4 Å². The maximum absolute atomic E-state index is 11.5. The van der Waals surface area contributed by atoms with E-state index in [1.54, 1.807) is 0 Å². The van der Waals surface area contributed by atoms with Crippen molar-refractivity contribution in [2.75, 3.05) is 0 Å². The molecule has 0 saturated heterocycles. The molecule has 142 valence electrons. The summed E-state index contributed by atoms with van der Waals surface area (Å²) in [7, 11) is 0. The lowest BCUT2D eigenvalue weighted by Crippen LogP contribution is -2.14. The van der Waals surface area contributed by atoms with Gasteiger partial charge in [0, 0.05) is 18.9 Å². The lowest BCUT2D eigenvalue weighted by atomic mass is 10.2. The minimum atomic E-state index is -0.810. The van der Waals surface area contributed by atoms with E-state index in [2.05, 4.69) is 9.78 Å². The summed E-state index contributed by atoms with van der Waals surface area (Å²) in [5.41, 5.74) is 0.